The number of benzene rings is 2. The predicted molar refractivity (Wildman–Crippen MR) is 81.2 cm³/mol. The van der Waals surface area contributed by atoms with E-state index in [-0.39, 0.29) is 11.7 Å². The van der Waals surface area contributed by atoms with Gasteiger partial charge in [0.2, 0.25) is 0 Å². The Labute approximate surface area is 126 Å². The topological polar surface area (TPSA) is 20.2 Å². The standard InChI is InChI=1S/C17H16BrFO/c18-15-10-12(8-9-16(15)19)17(20)14-7-3-5-11-4-1-2-6-13(11)14/h1-2,4,6,8-10,14,17,20H,3,5,7H2. The zero-order chi connectivity index (χ0) is 14.1. The van der Waals surface area contributed by atoms with Crippen LogP contribution in [-0.2, 0) is 6.42 Å². The molecule has 0 saturated carbocycles. The number of aliphatic hydroxyl groups excluding tert-OH is 1. The van der Waals surface area contributed by atoms with E-state index in [0.717, 1.165) is 24.8 Å². The van der Waals surface area contributed by atoms with Crippen LogP contribution in [0.4, 0.5) is 4.39 Å². The van der Waals surface area contributed by atoms with Crippen LogP contribution in [0.25, 0.3) is 0 Å². The summed E-state index contributed by atoms with van der Waals surface area (Å²) in [5, 5.41) is 10.7. The fourth-order valence-electron chi connectivity index (χ4n) is 3.05. The van der Waals surface area contributed by atoms with Gasteiger partial charge in [-0.25, -0.2) is 4.39 Å². The summed E-state index contributed by atoms with van der Waals surface area (Å²) in [6, 6.07) is 13.0. The Kier molecular flexibility index (Phi) is 3.90. The Balaban J connectivity index is 1.95. The summed E-state index contributed by atoms with van der Waals surface area (Å²) < 4.78 is 13.7. The molecule has 1 nitrogen and oxygen atoms in total. The van der Waals surface area contributed by atoms with Crippen LogP contribution >= 0.6 is 15.9 Å². The summed E-state index contributed by atoms with van der Waals surface area (Å²) in [4.78, 5) is 0. The molecule has 0 amide bonds. The van der Waals surface area contributed by atoms with E-state index >= 15 is 0 Å². The smallest absolute Gasteiger partial charge is 0.137 e. The van der Waals surface area contributed by atoms with Crippen molar-refractivity contribution in [3.05, 3.63) is 69.4 Å². The Morgan fingerprint density at radius 1 is 1.20 bits per heavy atom. The second kappa shape index (κ2) is 5.66. The van der Waals surface area contributed by atoms with E-state index in [9.17, 15) is 9.50 Å². The van der Waals surface area contributed by atoms with Crippen molar-refractivity contribution in [1.29, 1.82) is 0 Å². The van der Waals surface area contributed by atoms with Gasteiger partial charge in [0.1, 0.15) is 5.82 Å². The van der Waals surface area contributed by atoms with Gasteiger partial charge in [0, 0.05) is 5.92 Å². The lowest BCUT2D eigenvalue weighted by Gasteiger charge is -2.29. The van der Waals surface area contributed by atoms with Crippen LogP contribution in [0.2, 0.25) is 0 Å². The molecule has 0 aliphatic heterocycles. The monoisotopic (exact) mass is 334 g/mol. The highest BCUT2D eigenvalue weighted by atomic mass is 79.9. The number of fused-ring (bicyclic) bond motifs is 1. The molecule has 1 aliphatic rings. The zero-order valence-corrected chi connectivity index (χ0v) is 12.6. The van der Waals surface area contributed by atoms with Crippen molar-refractivity contribution in [1.82, 2.24) is 0 Å². The first-order valence-corrected chi connectivity index (χ1v) is 7.67. The van der Waals surface area contributed by atoms with Crippen LogP contribution in [0.15, 0.2) is 46.9 Å². The third-order valence-electron chi connectivity index (χ3n) is 4.08. The lowest BCUT2D eigenvalue weighted by atomic mass is 9.78. The van der Waals surface area contributed by atoms with Crippen molar-refractivity contribution >= 4 is 15.9 Å². The lowest BCUT2D eigenvalue weighted by Crippen LogP contribution is -2.17. The first-order chi connectivity index (χ1) is 9.66. The number of hydrogen-bond donors (Lipinski definition) is 1. The highest BCUT2D eigenvalue weighted by Crippen LogP contribution is 2.40. The van der Waals surface area contributed by atoms with Gasteiger partial charge in [-0.05, 0) is 64.0 Å². The number of aliphatic hydroxyl groups is 1. The second-order valence-corrected chi connectivity index (χ2v) is 6.17. The van der Waals surface area contributed by atoms with Crippen molar-refractivity contribution in [3.63, 3.8) is 0 Å². The molecule has 20 heavy (non-hydrogen) atoms. The summed E-state index contributed by atoms with van der Waals surface area (Å²) >= 11 is 3.18. The van der Waals surface area contributed by atoms with Crippen LogP contribution in [0.5, 0.6) is 0 Å². The van der Waals surface area contributed by atoms with Crippen molar-refractivity contribution in [2.75, 3.05) is 0 Å². The van der Waals surface area contributed by atoms with Gasteiger partial charge in [0.05, 0.1) is 10.6 Å². The molecule has 104 valence electrons. The minimum Gasteiger partial charge on any atom is -0.388 e. The maximum atomic E-state index is 13.3. The third kappa shape index (κ3) is 2.52. The summed E-state index contributed by atoms with van der Waals surface area (Å²) in [5.74, 6) is -0.206. The Morgan fingerprint density at radius 3 is 2.80 bits per heavy atom. The van der Waals surface area contributed by atoms with Gasteiger partial charge < -0.3 is 5.11 Å². The van der Waals surface area contributed by atoms with E-state index in [0.29, 0.717) is 4.47 Å². The van der Waals surface area contributed by atoms with Gasteiger partial charge in [0.25, 0.3) is 0 Å². The number of halogens is 2. The van der Waals surface area contributed by atoms with Crippen LogP contribution in [-0.4, -0.2) is 5.11 Å². The number of hydrogen-bond acceptors (Lipinski definition) is 1. The van der Waals surface area contributed by atoms with Crippen molar-refractivity contribution in [2.24, 2.45) is 0 Å². The third-order valence-corrected chi connectivity index (χ3v) is 4.69. The fraction of sp³-hybridized carbons (Fsp3) is 0.294. The first-order valence-electron chi connectivity index (χ1n) is 6.87. The van der Waals surface area contributed by atoms with Gasteiger partial charge in [-0.2, -0.15) is 0 Å². The summed E-state index contributed by atoms with van der Waals surface area (Å²) in [5.41, 5.74) is 3.32. The molecule has 1 aliphatic carbocycles. The fourth-order valence-corrected chi connectivity index (χ4v) is 3.44. The zero-order valence-electron chi connectivity index (χ0n) is 11.0. The Hall–Kier alpha value is -1.19. The molecule has 2 unspecified atom stereocenters. The average Bonchev–Trinajstić information content (AvgIpc) is 2.49. The molecule has 2 atom stereocenters. The lowest BCUT2D eigenvalue weighted by molar-refractivity contribution is 0.136. The molecule has 0 aromatic heterocycles. The summed E-state index contributed by atoms with van der Waals surface area (Å²) in [7, 11) is 0. The quantitative estimate of drug-likeness (QED) is 0.840. The molecule has 0 bridgehead atoms. The van der Waals surface area contributed by atoms with Crippen molar-refractivity contribution < 1.29 is 9.50 Å². The summed E-state index contributed by atoms with van der Waals surface area (Å²) in [6.07, 6.45) is 2.54. The highest BCUT2D eigenvalue weighted by Gasteiger charge is 2.27. The van der Waals surface area contributed by atoms with Crippen molar-refractivity contribution in [2.45, 2.75) is 31.3 Å². The molecule has 3 heteroatoms. The predicted octanol–water partition coefficient (Wildman–Crippen LogP) is 4.74. The van der Waals surface area contributed by atoms with Gasteiger partial charge in [-0.15, -0.1) is 0 Å². The molecule has 1 N–H and O–H groups in total. The van der Waals surface area contributed by atoms with E-state index in [1.807, 2.05) is 12.1 Å². The van der Waals surface area contributed by atoms with Gasteiger partial charge >= 0.3 is 0 Å². The molecule has 2 aromatic carbocycles. The van der Waals surface area contributed by atoms with E-state index in [1.165, 1.54) is 17.2 Å². The highest BCUT2D eigenvalue weighted by molar-refractivity contribution is 9.10. The number of rotatable bonds is 2. The van der Waals surface area contributed by atoms with Crippen LogP contribution in [0.1, 0.15) is 41.6 Å². The largest absolute Gasteiger partial charge is 0.388 e. The SMILES string of the molecule is OC(c1ccc(F)c(Br)c1)C1CCCc2ccccc21. The van der Waals surface area contributed by atoms with Crippen LogP contribution in [0.3, 0.4) is 0 Å². The molecule has 0 spiro atoms. The number of aryl methyl sites for hydroxylation is 1. The minimum absolute atomic E-state index is 0.0947. The molecular formula is C17H16BrFO. The Bertz CT molecular complexity index is 626. The van der Waals surface area contributed by atoms with Crippen molar-refractivity contribution in [3.8, 4) is 0 Å². The molecule has 0 saturated heterocycles. The first kappa shape index (κ1) is 13.8. The molecule has 0 radical (unpaired) electrons. The van der Waals surface area contributed by atoms with E-state index in [1.54, 1.807) is 12.1 Å². The minimum atomic E-state index is -0.589. The normalized spacial score (nSPS) is 19.4. The molecule has 0 heterocycles. The maximum absolute atomic E-state index is 13.3. The molecule has 3 rings (SSSR count). The van der Waals surface area contributed by atoms with Gasteiger partial charge in [0.15, 0.2) is 0 Å². The Morgan fingerprint density at radius 2 is 2.00 bits per heavy atom. The van der Waals surface area contributed by atoms with E-state index in [2.05, 4.69) is 28.1 Å². The average molecular weight is 335 g/mol. The second-order valence-electron chi connectivity index (χ2n) is 5.32. The van der Waals surface area contributed by atoms with E-state index < -0.39 is 6.10 Å². The molecule has 2 aromatic rings. The van der Waals surface area contributed by atoms with Crippen LogP contribution in [0, 0.1) is 5.82 Å². The van der Waals surface area contributed by atoms with Gasteiger partial charge in [-0.3, -0.25) is 0 Å². The summed E-state index contributed by atoms with van der Waals surface area (Å²) in [6.45, 7) is 0. The van der Waals surface area contributed by atoms with Crippen LogP contribution < -0.4 is 0 Å². The molecular weight excluding hydrogens is 319 g/mol. The van der Waals surface area contributed by atoms with E-state index in [4.69, 9.17) is 0 Å². The van der Waals surface area contributed by atoms with Gasteiger partial charge in [-0.1, -0.05) is 30.3 Å². The maximum Gasteiger partial charge on any atom is 0.137 e. The molecule has 0 fully saturated rings.